The molecule has 0 aliphatic heterocycles. The van der Waals surface area contributed by atoms with Crippen LogP contribution in [0.2, 0.25) is 0 Å². The number of nitrogens with one attached hydrogen (secondary N) is 1. The standard InChI is InChI=1S/C18H14N2O2S/c1-2-22-18(21)12(10-19)11-20-13-7-8-17-15(9-13)14-5-3-4-6-16(14)23-17/h3-9,11,20H,2H2,1H3/b12-11-. The van der Waals surface area contributed by atoms with Crippen LogP contribution < -0.4 is 5.32 Å². The summed E-state index contributed by atoms with van der Waals surface area (Å²) in [6.07, 6.45) is 1.38. The molecule has 0 bridgehead atoms. The van der Waals surface area contributed by atoms with Gasteiger partial charge in [0.15, 0.2) is 5.57 Å². The van der Waals surface area contributed by atoms with Crippen LogP contribution in [0, 0.1) is 11.3 Å². The molecule has 5 heteroatoms. The van der Waals surface area contributed by atoms with Gasteiger partial charge in [-0.3, -0.25) is 0 Å². The minimum absolute atomic E-state index is 0.0536. The van der Waals surface area contributed by atoms with Crippen molar-refractivity contribution in [2.75, 3.05) is 11.9 Å². The maximum absolute atomic E-state index is 11.6. The van der Waals surface area contributed by atoms with E-state index in [1.807, 2.05) is 36.4 Å². The van der Waals surface area contributed by atoms with E-state index in [4.69, 9.17) is 10.00 Å². The van der Waals surface area contributed by atoms with Gasteiger partial charge in [-0.05, 0) is 31.2 Å². The molecule has 0 radical (unpaired) electrons. The highest BCUT2D eigenvalue weighted by molar-refractivity contribution is 7.25. The van der Waals surface area contributed by atoms with Gasteiger partial charge in [-0.1, -0.05) is 18.2 Å². The van der Waals surface area contributed by atoms with Crippen LogP contribution in [0.15, 0.2) is 54.2 Å². The fourth-order valence-electron chi connectivity index (χ4n) is 2.32. The van der Waals surface area contributed by atoms with E-state index in [1.54, 1.807) is 18.3 Å². The molecule has 1 heterocycles. The van der Waals surface area contributed by atoms with E-state index in [2.05, 4.69) is 17.4 Å². The smallest absolute Gasteiger partial charge is 0.350 e. The Hall–Kier alpha value is -2.84. The van der Waals surface area contributed by atoms with E-state index >= 15 is 0 Å². The molecular weight excluding hydrogens is 308 g/mol. The molecule has 3 aromatic rings. The molecule has 0 amide bonds. The van der Waals surface area contributed by atoms with Crippen LogP contribution >= 0.6 is 11.3 Å². The zero-order chi connectivity index (χ0) is 16.2. The highest BCUT2D eigenvalue weighted by atomic mass is 32.1. The largest absolute Gasteiger partial charge is 0.462 e. The third kappa shape index (κ3) is 3.03. The van der Waals surface area contributed by atoms with Gasteiger partial charge in [-0.25, -0.2) is 4.79 Å². The van der Waals surface area contributed by atoms with Gasteiger partial charge in [-0.2, -0.15) is 5.26 Å². The Bertz CT molecular complexity index is 950. The van der Waals surface area contributed by atoms with Gasteiger partial charge in [0.05, 0.1) is 6.61 Å². The van der Waals surface area contributed by atoms with Crippen molar-refractivity contribution in [2.45, 2.75) is 6.92 Å². The van der Waals surface area contributed by atoms with Crippen molar-refractivity contribution in [1.82, 2.24) is 0 Å². The van der Waals surface area contributed by atoms with Crippen molar-refractivity contribution in [3.05, 3.63) is 54.2 Å². The monoisotopic (exact) mass is 322 g/mol. The first-order chi connectivity index (χ1) is 11.2. The number of carbonyl (C=O) groups excluding carboxylic acids is 1. The molecule has 0 atom stereocenters. The number of nitrogens with zero attached hydrogens (tertiary/aromatic N) is 1. The lowest BCUT2D eigenvalue weighted by Gasteiger charge is -2.03. The van der Waals surface area contributed by atoms with E-state index in [1.165, 1.54) is 21.0 Å². The third-order valence-electron chi connectivity index (χ3n) is 3.38. The lowest BCUT2D eigenvalue weighted by atomic mass is 10.1. The molecule has 114 valence electrons. The number of rotatable bonds is 4. The molecular formula is C18H14N2O2S. The van der Waals surface area contributed by atoms with E-state index in [0.29, 0.717) is 0 Å². The molecule has 0 aliphatic rings. The van der Waals surface area contributed by atoms with Gasteiger partial charge in [0.1, 0.15) is 6.07 Å². The first kappa shape index (κ1) is 15.1. The van der Waals surface area contributed by atoms with Gasteiger partial charge in [0.2, 0.25) is 0 Å². The third-order valence-corrected chi connectivity index (χ3v) is 4.53. The molecule has 1 N–H and O–H groups in total. The maximum atomic E-state index is 11.6. The van der Waals surface area contributed by atoms with Crippen LogP contribution in [0.25, 0.3) is 20.2 Å². The summed E-state index contributed by atoms with van der Waals surface area (Å²) in [4.78, 5) is 11.6. The Morgan fingerprint density at radius 1 is 1.26 bits per heavy atom. The Kier molecular flexibility index (Phi) is 4.26. The van der Waals surface area contributed by atoms with E-state index < -0.39 is 5.97 Å². The van der Waals surface area contributed by atoms with Gasteiger partial charge in [0.25, 0.3) is 0 Å². The second kappa shape index (κ2) is 6.51. The first-order valence-corrected chi connectivity index (χ1v) is 8.00. The van der Waals surface area contributed by atoms with Crippen molar-refractivity contribution < 1.29 is 9.53 Å². The normalized spacial score (nSPS) is 11.4. The van der Waals surface area contributed by atoms with E-state index in [-0.39, 0.29) is 12.2 Å². The summed E-state index contributed by atoms with van der Waals surface area (Å²) < 4.78 is 7.27. The lowest BCUT2D eigenvalue weighted by molar-refractivity contribution is -0.138. The van der Waals surface area contributed by atoms with Crippen LogP contribution in [-0.2, 0) is 9.53 Å². The molecule has 4 nitrogen and oxygen atoms in total. The lowest BCUT2D eigenvalue weighted by Crippen LogP contribution is -2.07. The predicted octanol–water partition coefficient (Wildman–Crippen LogP) is 4.44. The second-order valence-electron chi connectivity index (χ2n) is 4.84. The van der Waals surface area contributed by atoms with Crippen LogP contribution in [0.1, 0.15) is 6.92 Å². The molecule has 0 aliphatic carbocycles. The van der Waals surface area contributed by atoms with Crippen LogP contribution in [0.3, 0.4) is 0 Å². The van der Waals surface area contributed by atoms with Gasteiger partial charge in [0, 0.05) is 32.1 Å². The Labute approximate surface area is 137 Å². The molecule has 0 unspecified atom stereocenters. The molecule has 0 spiro atoms. The minimum atomic E-state index is -0.621. The summed E-state index contributed by atoms with van der Waals surface area (Å²) in [5.74, 6) is -0.621. The molecule has 0 saturated carbocycles. The van der Waals surface area contributed by atoms with Gasteiger partial charge in [-0.15, -0.1) is 11.3 Å². The number of hydrogen-bond donors (Lipinski definition) is 1. The molecule has 2 aromatic carbocycles. The second-order valence-corrected chi connectivity index (χ2v) is 5.93. The molecule has 3 rings (SSSR count). The number of hydrogen-bond acceptors (Lipinski definition) is 5. The fraction of sp³-hybridized carbons (Fsp3) is 0.111. The fourth-order valence-corrected chi connectivity index (χ4v) is 3.40. The Morgan fingerprint density at radius 3 is 2.83 bits per heavy atom. The topological polar surface area (TPSA) is 62.1 Å². The number of benzene rings is 2. The van der Waals surface area contributed by atoms with Crippen molar-refractivity contribution in [2.24, 2.45) is 0 Å². The molecule has 23 heavy (non-hydrogen) atoms. The molecule has 1 aromatic heterocycles. The van der Waals surface area contributed by atoms with Crippen LogP contribution in [-0.4, -0.2) is 12.6 Å². The van der Waals surface area contributed by atoms with Crippen molar-refractivity contribution in [3.63, 3.8) is 0 Å². The number of fused-ring (bicyclic) bond motifs is 3. The SMILES string of the molecule is CCOC(=O)/C(C#N)=C\Nc1ccc2sc3ccccc3c2c1. The average Bonchev–Trinajstić information content (AvgIpc) is 2.94. The summed E-state index contributed by atoms with van der Waals surface area (Å²) in [7, 11) is 0. The van der Waals surface area contributed by atoms with Crippen molar-refractivity contribution in [1.29, 1.82) is 5.26 Å². The number of ether oxygens (including phenoxy) is 1. The average molecular weight is 322 g/mol. The van der Waals surface area contributed by atoms with Crippen molar-refractivity contribution >= 4 is 43.2 Å². The number of nitriles is 1. The minimum Gasteiger partial charge on any atom is -0.462 e. The maximum Gasteiger partial charge on any atom is 0.350 e. The Morgan fingerprint density at radius 2 is 2.04 bits per heavy atom. The summed E-state index contributed by atoms with van der Waals surface area (Å²) in [6.45, 7) is 1.95. The quantitative estimate of drug-likeness (QED) is 0.438. The number of carbonyl (C=O) groups is 1. The summed E-state index contributed by atoms with van der Waals surface area (Å²) >= 11 is 1.74. The van der Waals surface area contributed by atoms with Gasteiger partial charge >= 0.3 is 5.97 Å². The molecule has 0 fully saturated rings. The number of esters is 1. The predicted molar refractivity (Wildman–Crippen MR) is 93.3 cm³/mol. The summed E-state index contributed by atoms with van der Waals surface area (Å²) in [5.41, 5.74) is 0.764. The zero-order valence-electron chi connectivity index (χ0n) is 12.5. The number of thiophene rings is 1. The highest BCUT2D eigenvalue weighted by Crippen LogP contribution is 2.35. The van der Waals surface area contributed by atoms with E-state index in [9.17, 15) is 4.79 Å². The zero-order valence-corrected chi connectivity index (χ0v) is 13.3. The first-order valence-electron chi connectivity index (χ1n) is 7.18. The van der Waals surface area contributed by atoms with Crippen LogP contribution in [0.5, 0.6) is 0 Å². The highest BCUT2D eigenvalue weighted by Gasteiger charge is 2.09. The van der Waals surface area contributed by atoms with Gasteiger partial charge < -0.3 is 10.1 Å². The summed E-state index contributed by atoms with van der Waals surface area (Å²) in [6, 6.07) is 16.1. The molecule has 0 saturated heterocycles. The Balaban J connectivity index is 1.93. The summed E-state index contributed by atoms with van der Waals surface area (Å²) in [5, 5.41) is 14.4. The van der Waals surface area contributed by atoms with Crippen LogP contribution in [0.4, 0.5) is 5.69 Å². The van der Waals surface area contributed by atoms with Crippen molar-refractivity contribution in [3.8, 4) is 6.07 Å². The number of anilines is 1. The van der Waals surface area contributed by atoms with E-state index in [0.717, 1.165) is 11.1 Å².